The molecule has 1 fully saturated rings. The van der Waals surface area contributed by atoms with E-state index in [-0.39, 0.29) is 5.91 Å². The minimum absolute atomic E-state index is 0.0738. The van der Waals surface area contributed by atoms with Gasteiger partial charge in [0.1, 0.15) is 0 Å². The van der Waals surface area contributed by atoms with E-state index in [1.165, 1.54) is 17.8 Å². The van der Waals surface area contributed by atoms with Crippen LogP contribution in [0.2, 0.25) is 0 Å². The van der Waals surface area contributed by atoms with Gasteiger partial charge in [0.05, 0.1) is 11.5 Å². The fourth-order valence-corrected chi connectivity index (χ4v) is 3.52. The van der Waals surface area contributed by atoms with Gasteiger partial charge in [0.15, 0.2) is 0 Å². The molecule has 1 aliphatic carbocycles. The van der Waals surface area contributed by atoms with E-state index >= 15 is 0 Å². The topological polar surface area (TPSA) is 52.9 Å². The summed E-state index contributed by atoms with van der Waals surface area (Å²) in [6.07, 6.45) is 4.29. The molecule has 2 aromatic rings. The summed E-state index contributed by atoms with van der Waals surface area (Å²) in [6.45, 7) is 0. The predicted molar refractivity (Wildman–Crippen MR) is 97.7 cm³/mol. The number of anilines is 1. The van der Waals surface area contributed by atoms with E-state index in [1.807, 2.05) is 60.7 Å². The van der Waals surface area contributed by atoms with Crippen molar-refractivity contribution in [3.05, 3.63) is 71.6 Å². The van der Waals surface area contributed by atoms with E-state index in [9.17, 15) is 4.79 Å². The van der Waals surface area contributed by atoms with Crippen molar-refractivity contribution in [2.24, 2.45) is 0 Å². The second kappa shape index (κ2) is 7.37. The highest BCUT2D eigenvalue weighted by Gasteiger charge is 2.45. The first-order valence-electron chi connectivity index (χ1n) is 7.93. The summed E-state index contributed by atoms with van der Waals surface area (Å²) in [4.78, 5) is 13.9. The van der Waals surface area contributed by atoms with Gasteiger partial charge in [-0.1, -0.05) is 48.5 Å². The van der Waals surface area contributed by atoms with Crippen LogP contribution in [0.5, 0.6) is 0 Å². The lowest BCUT2D eigenvalue weighted by Gasteiger charge is -2.40. The van der Waals surface area contributed by atoms with Crippen LogP contribution < -0.4 is 5.32 Å². The van der Waals surface area contributed by atoms with Crippen LogP contribution in [-0.4, -0.2) is 5.91 Å². The van der Waals surface area contributed by atoms with E-state index in [1.54, 1.807) is 5.41 Å². The number of carbonyl (C=O) groups excluding carboxylic acids is 1. The van der Waals surface area contributed by atoms with Crippen molar-refractivity contribution in [1.29, 1.82) is 5.26 Å². The molecule has 0 aromatic heterocycles. The normalized spacial score (nSPS) is 15.5. The van der Waals surface area contributed by atoms with Crippen LogP contribution in [0.3, 0.4) is 0 Å². The van der Waals surface area contributed by atoms with Crippen molar-refractivity contribution >= 4 is 23.4 Å². The third kappa shape index (κ3) is 3.37. The maximum absolute atomic E-state index is 12.8. The Labute approximate surface area is 146 Å². The number of nitrogens with zero attached hydrogens (tertiary/aromatic N) is 1. The number of nitrogens with one attached hydrogen (secondary N) is 1. The minimum atomic E-state index is -0.415. The van der Waals surface area contributed by atoms with Crippen molar-refractivity contribution in [3.63, 3.8) is 0 Å². The van der Waals surface area contributed by atoms with Gasteiger partial charge < -0.3 is 5.32 Å². The largest absolute Gasteiger partial charge is 0.325 e. The summed E-state index contributed by atoms with van der Waals surface area (Å²) in [5.74, 6) is 0.0738. The van der Waals surface area contributed by atoms with Gasteiger partial charge in [-0.05, 0) is 48.1 Å². The van der Waals surface area contributed by atoms with E-state index < -0.39 is 5.41 Å². The van der Waals surface area contributed by atoms with Gasteiger partial charge in [-0.25, -0.2) is 0 Å². The quantitative estimate of drug-likeness (QED) is 0.626. The van der Waals surface area contributed by atoms with Gasteiger partial charge in [0, 0.05) is 16.7 Å². The van der Waals surface area contributed by atoms with Crippen LogP contribution >= 0.6 is 11.8 Å². The van der Waals surface area contributed by atoms with Crippen LogP contribution in [-0.2, 0) is 10.2 Å². The van der Waals surface area contributed by atoms with Crippen molar-refractivity contribution in [3.8, 4) is 6.07 Å². The Morgan fingerprint density at radius 2 is 1.83 bits per heavy atom. The zero-order chi connectivity index (χ0) is 16.8. The van der Waals surface area contributed by atoms with Crippen LogP contribution in [0.25, 0.3) is 0 Å². The molecule has 0 saturated heterocycles. The summed E-state index contributed by atoms with van der Waals surface area (Å²) in [7, 11) is 0. The van der Waals surface area contributed by atoms with Crippen LogP contribution in [0, 0.1) is 11.3 Å². The van der Waals surface area contributed by atoms with Crippen molar-refractivity contribution < 1.29 is 4.79 Å². The molecule has 0 atom stereocenters. The molecule has 0 spiro atoms. The second-order valence-electron chi connectivity index (χ2n) is 5.83. The molecule has 1 N–H and O–H groups in total. The molecule has 1 amide bonds. The summed E-state index contributed by atoms with van der Waals surface area (Å²) < 4.78 is 0. The summed E-state index contributed by atoms with van der Waals surface area (Å²) in [5.41, 5.74) is 1.49. The van der Waals surface area contributed by atoms with Gasteiger partial charge in [-0.3, -0.25) is 4.79 Å². The molecule has 120 valence electrons. The molecule has 1 aliphatic rings. The molecule has 0 bridgehead atoms. The van der Waals surface area contributed by atoms with Gasteiger partial charge in [-0.2, -0.15) is 5.26 Å². The minimum Gasteiger partial charge on any atom is -0.325 e. The number of allylic oxidation sites excluding steroid dienone is 1. The SMILES string of the molecule is N#C/C=C/Sc1ccc(C2(C(=O)Nc3ccccc3)CCC2)cc1. The fraction of sp³-hybridized carbons (Fsp3) is 0.200. The van der Waals surface area contributed by atoms with Crippen LogP contribution in [0.4, 0.5) is 5.69 Å². The van der Waals surface area contributed by atoms with E-state index in [4.69, 9.17) is 5.26 Å². The Hall–Kier alpha value is -2.51. The molecule has 4 heteroatoms. The first-order valence-corrected chi connectivity index (χ1v) is 8.81. The lowest BCUT2D eigenvalue weighted by atomic mass is 9.64. The monoisotopic (exact) mass is 334 g/mol. The van der Waals surface area contributed by atoms with Crippen molar-refractivity contribution in [1.82, 2.24) is 0 Å². The number of carbonyl (C=O) groups is 1. The molecule has 3 nitrogen and oxygen atoms in total. The van der Waals surface area contributed by atoms with E-state index in [0.29, 0.717) is 0 Å². The Morgan fingerprint density at radius 1 is 1.12 bits per heavy atom. The highest BCUT2D eigenvalue weighted by atomic mass is 32.2. The van der Waals surface area contributed by atoms with Crippen molar-refractivity contribution in [2.45, 2.75) is 29.6 Å². The zero-order valence-electron chi connectivity index (χ0n) is 13.2. The Kier molecular flexibility index (Phi) is 5.02. The Morgan fingerprint density at radius 3 is 2.42 bits per heavy atom. The van der Waals surface area contributed by atoms with Gasteiger partial charge >= 0.3 is 0 Å². The Bertz CT molecular complexity index is 772. The zero-order valence-corrected chi connectivity index (χ0v) is 14.1. The number of nitriles is 1. The number of benzene rings is 2. The number of rotatable bonds is 5. The standard InChI is InChI=1S/C20H18N2OS/c21-14-5-15-24-18-10-8-16(9-11-18)20(12-4-13-20)19(23)22-17-6-2-1-3-7-17/h1-3,5-11,15H,4,12-13H2,(H,22,23)/b15-5+. The summed E-state index contributed by atoms with van der Waals surface area (Å²) in [6, 6.07) is 19.7. The highest BCUT2D eigenvalue weighted by molar-refractivity contribution is 8.02. The fourth-order valence-electron chi connectivity index (χ4n) is 2.94. The number of thioether (sulfide) groups is 1. The first-order chi connectivity index (χ1) is 11.7. The first kappa shape index (κ1) is 16.4. The summed E-state index contributed by atoms with van der Waals surface area (Å²) >= 11 is 1.50. The molecule has 0 heterocycles. The lowest BCUT2D eigenvalue weighted by molar-refractivity contribution is -0.124. The smallest absolute Gasteiger partial charge is 0.235 e. The van der Waals surface area contributed by atoms with Crippen LogP contribution in [0.15, 0.2) is 71.0 Å². The summed E-state index contributed by atoms with van der Waals surface area (Å²) in [5, 5.41) is 13.3. The highest BCUT2D eigenvalue weighted by Crippen LogP contribution is 2.45. The number of para-hydroxylation sites is 1. The molecular formula is C20H18N2OS. The average molecular weight is 334 g/mol. The molecule has 0 aliphatic heterocycles. The lowest BCUT2D eigenvalue weighted by Crippen LogP contribution is -2.45. The Balaban J connectivity index is 1.76. The van der Waals surface area contributed by atoms with Gasteiger partial charge in [-0.15, -0.1) is 0 Å². The molecule has 1 saturated carbocycles. The van der Waals surface area contributed by atoms with Crippen LogP contribution in [0.1, 0.15) is 24.8 Å². The molecule has 2 aromatic carbocycles. The second-order valence-corrected chi connectivity index (χ2v) is 6.81. The van der Waals surface area contributed by atoms with E-state index in [0.717, 1.165) is 35.4 Å². The molecule has 24 heavy (non-hydrogen) atoms. The number of hydrogen-bond donors (Lipinski definition) is 1. The maximum atomic E-state index is 12.8. The predicted octanol–water partition coefficient (Wildman–Crippen LogP) is 4.88. The molecule has 0 radical (unpaired) electrons. The van der Waals surface area contributed by atoms with Gasteiger partial charge in [0.2, 0.25) is 5.91 Å². The number of amides is 1. The molecular weight excluding hydrogens is 316 g/mol. The molecule has 3 rings (SSSR count). The third-order valence-electron chi connectivity index (χ3n) is 4.43. The molecule has 0 unspecified atom stereocenters. The maximum Gasteiger partial charge on any atom is 0.235 e. The number of hydrogen-bond acceptors (Lipinski definition) is 3. The van der Waals surface area contributed by atoms with Crippen molar-refractivity contribution in [2.75, 3.05) is 5.32 Å². The average Bonchev–Trinajstić information content (AvgIpc) is 2.56. The van der Waals surface area contributed by atoms with Gasteiger partial charge in [0.25, 0.3) is 0 Å². The van der Waals surface area contributed by atoms with E-state index in [2.05, 4.69) is 5.32 Å². The third-order valence-corrected chi connectivity index (χ3v) is 5.24.